The molecular formula is C31H30F4N3O4+. The molecule has 1 amide bonds. The van der Waals surface area contributed by atoms with E-state index >= 15 is 4.39 Å². The topological polar surface area (TPSA) is 82.6 Å². The summed E-state index contributed by atoms with van der Waals surface area (Å²) < 4.78 is 56.5. The first-order valence-corrected chi connectivity index (χ1v) is 13.6. The number of benzene rings is 3. The molecule has 1 unspecified atom stereocenters. The summed E-state index contributed by atoms with van der Waals surface area (Å²) >= 11 is 0. The summed E-state index contributed by atoms with van der Waals surface area (Å²) in [4.78, 5) is 31.5. The smallest absolute Gasteiger partial charge is 0.477 e. The van der Waals surface area contributed by atoms with Crippen molar-refractivity contribution in [2.75, 3.05) is 32.7 Å². The van der Waals surface area contributed by atoms with E-state index in [1.807, 2.05) is 18.2 Å². The van der Waals surface area contributed by atoms with Gasteiger partial charge in [-0.3, -0.25) is 4.90 Å². The number of aliphatic carboxylic acids is 1. The number of carbonyl (C=O) groups excluding carboxylic acids is 1. The molecule has 42 heavy (non-hydrogen) atoms. The average molecular weight is 585 g/mol. The number of hydrogen-bond acceptors (Lipinski definition) is 4. The fraction of sp³-hybridized carbons (Fsp3) is 0.290. The van der Waals surface area contributed by atoms with Crippen molar-refractivity contribution in [2.45, 2.75) is 25.7 Å². The van der Waals surface area contributed by atoms with E-state index in [1.54, 1.807) is 18.3 Å². The summed E-state index contributed by atoms with van der Waals surface area (Å²) in [6, 6.07) is 16.3. The standard InChI is InChI=1S/C31H29F4N3O4/c32-27-9-3-21(17-26(27)23-6-10-28-24(18-23)11-12-36-28)19-38(20-29(39)40,16-15-37-13-1-2-14-37)30(41)22-4-7-25(8-5-22)42-31(33,34)35/h3-12,17-18,36H,1-2,13-16,19-20H2/p+1. The number of fused-ring (bicyclic) bond motifs is 1. The Kier molecular flexibility index (Phi) is 8.33. The number of halogens is 4. The molecule has 220 valence electrons. The third-order valence-corrected chi connectivity index (χ3v) is 7.63. The number of carbonyl (C=O) groups is 2. The molecule has 3 aromatic carbocycles. The number of nitrogens with zero attached hydrogens (tertiary/aromatic N) is 2. The second-order valence-electron chi connectivity index (χ2n) is 10.6. The molecule has 11 heteroatoms. The first-order chi connectivity index (χ1) is 20.0. The number of carboxylic acids is 1. The summed E-state index contributed by atoms with van der Waals surface area (Å²) in [7, 11) is 0. The molecule has 4 aromatic rings. The summed E-state index contributed by atoms with van der Waals surface area (Å²) in [5.41, 5.74) is 2.43. The van der Waals surface area contributed by atoms with Crippen molar-refractivity contribution < 1.29 is 41.5 Å². The van der Waals surface area contributed by atoms with E-state index in [0.717, 1.165) is 49.0 Å². The number of likely N-dealkylation sites (tertiary alicyclic amines) is 1. The third-order valence-electron chi connectivity index (χ3n) is 7.63. The van der Waals surface area contributed by atoms with Crippen LogP contribution in [0.25, 0.3) is 22.0 Å². The number of rotatable bonds is 10. The number of hydrogen-bond donors (Lipinski definition) is 2. The lowest BCUT2D eigenvalue weighted by atomic mass is 10.00. The highest BCUT2D eigenvalue weighted by molar-refractivity contribution is 5.90. The van der Waals surface area contributed by atoms with Gasteiger partial charge in [0, 0.05) is 29.4 Å². The van der Waals surface area contributed by atoms with Gasteiger partial charge in [0.2, 0.25) is 0 Å². The van der Waals surface area contributed by atoms with Gasteiger partial charge in [-0.05, 0) is 91.5 Å². The van der Waals surface area contributed by atoms with E-state index in [0.29, 0.717) is 23.2 Å². The van der Waals surface area contributed by atoms with Gasteiger partial charge in [-0.2, -0.15) is 0 Å². The lowest BCUT2D eigenvalue weighted by molar-refractivity contribution is -0.855. The van der Waals surface area contributed by atoms with Crippen LogP contribution in [-0.2, 0) is 11.3 Å². The molecule has 1 aliphatic rings. The maximum atomic E-state index is 15.1. The summed E-state index contributed by atoms with van der Waals surface area (Å²) in [6.07, 6.45) is -1.11. The van der Waals surface area contributed by atoms with Crippen molar-refractivity contribution in [3.8, 4) is 16.9 Å². The molecule has 0 radical (unpaired) electrons. The van der Waals surface area contributed by atoms with E-state index < -0.39 is 40.8 Å². The Labute approximate surface area is 239 Å². The van der Waals surface area contributed by atoms with Crippen LogP contribution in [0.3, 0.4) is 0 Å². The summed E-state index contributed by atoms with van der Waals surface area (Å²) in [6.45, 7) is 1.63. The summed E-state index contributed by atoms with van der Waals surface area (Å²) in [5, 5.41) is 10.8. The van der Waals surface area contributed by atoms with Crippen molar-refractivity contribution in [2.24, 2.45) is 0 Å². The molecule has 1 atom stereocenters. The number of carboxylic acid groups (broad SMARTS) is 1. The van der Waals surface area contributed by atoms with Crippen LogP contribution in [0.4, 0.5) is 17.6 Å². The molecule has 5 rings (SSSR count). The molecule has 0 spiro atoms. The van der Waals surface area contributed by atoms with Gasteiger partial charge >= 0.3 is 18.2 Å². The van der Waals surface area contributed by atoms with Gasteiger partial charge in [-0.1, -0.05) is 12.1 Å². The lowest BCUT2D eigenvalue weighted by Gasteiger charge is -2.36. The fourth-order valence-electron chi connectivity index (χ4n) is 5.59. The number of ether oxygens (including phenoxy) is 1. The Morgan fingerprint density at radius 1 is 0.976 bits per heavy atom. The van der Waals surface area contributed by atoms with E-state index in [2.05, 4.69) is 14.6 Å². The minimum Gasteiger partial charge on any atom is -0.477 e. The number of alkyl halides is 3. The second kappa shape index (κ2) is 11.9. The van der Waals surface area contributed by atoms with Crippen LogP contribution in [-0.4, -0.2) is 70.4 Å². The van der Waals surface area contributed by atoms with Gasteiger partial charge in [0.25, 0.3) is 0 Å². The highest BCUT2D eigenvalue weighted by Gasteiger charge is 2.41. The highest BCUT2D eigenvalue weighted by Crippen LogP contribution is 2.30. The van der Waals surface area contributed by atoms with Gasteiger partial charge < -0.3 is 14.8 Å². The van der Waals surface area contributed by atoms with Crippen molar-refractivity contribution in [1.82, 2.24) is 9.88 Å². The van der Waals surface area contributed by atoms with Crippen LogP contribution in [0, 0.1) is 5.82 Å². The zero-order chi connectivity index (χ0) is 29.9. The van der Waals surface area contributed by atoms with Gasteiger partial charge in [-0.15, -0.1) is 13.2 Å². The monoisotopic (exact) mass is 584 g/mol. The minimum absolute atomic E-state index is 0.0486. The first kappa shape index (κ1) is 29.3. The predicted octanol–water partition coefficient (Wildman–Crippen LogP) is 6.21. The fourth-order valence-corrected chi connectivity index (χ4v) is 5.59. The first-order valence-electron chi connectivity index (χ1n) is 13.6. The zero-order valence-electron chi connectivity index (χ0n) is 22.7. The average Bonchev–Trinajstić information content (AvgIpc) is 3.63. The molecule has 7 nitrogen and oxygen atoms in total. The molecule has 1 saturated heterocycles. The van der Waals surface area contributed by atoms with E-state index in [4.69, 9.17) is 0 Å². The van der Waals surface area contributed by atoms with Gasteiger partial charge in [0.1, 0.15) is 18.1 Å². The van der Waals surface area contributed by atoms with E-state index in [9.17, 15) is 27.9 Å². The second-order valence-corrected chi connectivity index (χ2v) is 10.6. The number of quaternary nitrogens is 1. The van der Waals surface area contributed by atoms with Crippen LogP contribution in [0.15, 0.2) is 72.9 Å². The zero-order valence-corrected chi connectivity index (χ0v) is 22.7. The maximum Gasteiger partial charge on any atom is 0.573 e. The number of amides is 1. The Morgan fingerprint density at radius 3 is 2.40 bits per heavy atom. The van der Waals surface area contributed by atoms with Crippen molar-refractivity contribution in [3.63, 3.8) is 0 Å². The highest BCUT2D eigenvalue weighted by atomic mass is 19.4. The molecule has 1 aliphatic heterocycles. The SMILES string of the molecule is O=C(O)C[N+](CCN1CCCC1)(Cc1ccc(F)c(-c2ccc3[nH]ccc3c2)c1)C(=O)c1ccc(OC(F)(F)F)cc1. The van der Waals surface area contributed by atoms with Crippen molar-refractivity contribution in [3.05, 3.63) is 89.9 Å². The molecule has 1 aromatic heterocycles. The number of aromatic amines is 1. The predicted molar refractivity (Wildman–Crippen MR) is 148 cm³/mol. The Hall–Kier alpha value is -4.22. The van der Waals surface area contributed by atoms with E-state index in [1.165, 1.54) is 24.3 Å². The Bertz CT molecular complexity index is 1580. The number of H-pyrrole nitrogens is 1. The molecule has 0 saturated carbocycles. The van der Waals surface area contributed by atoms with Crippen molar-refractivity contribution >= 4 is 22.8 Å². The molecular weight excluding hydrogens is 554 g/mol. The third kappa shape index (κ3) is 6.80. The van der Waals surface area contributed by atoms with Crippen LogP contribution < -0.4 is 4.74 Å². The molecule has 1 fully saturated rings. The van der Waals surface area contributed by atoms with Crippen molar-refractivity contribution in [1.29, 1.82) is 0 Å². The normalized spacial score (nSPS) is 15.5. The number of aromatic nitrogens is 1. The number of nitrogens with one attached hydrogen (secondary N) is 1. The summed E-state index contributed by atoms with van der Waals surface area (Å²) in [5.74, 6) is -2.72. The largest absolute Gasteiger partial charge is 0.573 e. The van der Waals surface area contributed by atoms with Crippen LogP contribution >= 0.6 is 0 Å². The lowest BCUT2D eigenvalue weighted by Crippen LogP contribution is -2.57. The minimum atomic E-state index is -4.89. The molecule has 0 aliphatic carbocycles. The van der Waals surface area contributed by atoms with Crippen LogP contribution in [0.2, 0.25) is 0 Å². The van der Waals surface area contributed by atoms with Crippen LogP contribution in [0.5, 0.6) is 5.75 Å². The molecule has 2 heterocycles. The van der Waals surface area contributed by atoms with Crippen LogP contribution in [0.1, 0.15) is 28.8 Å². The maximum absolute atomic E-state index is 15.1. The Morgan fingerprint density at radius 2 is 1.71 bits per heavy atom. The van der Waals surface area contributed by atoms with Gasteiger partial charge in [0.05, 0.1) is 12.1 Å². The quantitative estimate of drug-likeness (QED) is 0.171. The molecule has 2 N–H and O–H groups in total. The van der Waals surface area contributed by atoms with Gasteiger partial charge in [0.15, 0.2) is 6.54 Å². The Balaban J connectivity index is 1.52. The van der Waals surface area contributed by atoms with E-state index in [-0.39, 0.29) is 18.7 Å². The van der Waals surface area contributed by atoms with Gasteiger partial charge in [-0.25, -0.2) is 18.5 Å². The molecule has 0 bridgehead atoms.